The lowest BCUT2D eigenvalue weighted by Crippen LogP contribution is -2.21. The van der Waals surface area contributed by atoms with Crippen molar-refractivity contribution in [1.82, 2.24) is 11.0 Å². The Bertz CT molecular complexity index is 53.7. The second-order valence-corrected chi connectivity index (χ2v) is 1.69. The van der Waals surface area contributed by atoms with Gasteiger partial charge >= 0.3 is 0 Å². The van der Waals surface area contributed by atoms with Crippen LogP contribution in [-0.4, -0.2) is 26.3 Å². The number of hydroxylamine groups is 2. The molecule has 4 heteroatoms. The molecular weight excluding hydrogens is 132 g/mol. The molecule has 0 aromatic rings. The van der Waals surface area contributed by atoms with Gasteiger partial charge in [-0.05, 0) is 0 Å². The van der Waals surface area contributed by atoms with Gasteiger partial charge in [0.25, 0.3) is 0 Å². The van der Waals surface area contributed by atoms with Crippen LogP contribution >= 0.6 is 0 Å². The molecule has 2 N–H and O–H groups in total. The van der Waals surface area contributed by atoms with Gasteiger partial charge in [0.1, 0.15) is 0 Å². The fourth-order valence-electron chi connectivity index (χ4n) is 0.432. The molecule has 0 aliphatic rings. The smallest absolute Gasteiger partial charge is 0.0936 e. The molecule has 0 aliphatic carbocycles. The molecule has 0 saturated heterocycles. The van der Waals surface area contributed by atoms with E-state index in [4.69, 9.17) is 9.68 Å². The molecular formula is C6H16N2O2. The zero-order valence-electron chi connectivity index (χ0n) is 6.64. The summed E-state index contributed by atoms with van der Waals surface area (Å²) in [5, 5.41) is 0. The third-order valence-corrected chi connectivity index (χ3v) is 0.780. The first-order valence-electron chi connectivity index (χ1n) is 3.61. The van der Waals surface area contributed by atoms with E-state index < -0.39 is 0 Å². The van der Waals surface area contributed by atoms with E-state index in [0.717, 1.165) is 13.1 Å². The van der Waals surface area contributed by atoms with Crippen molar-refractivity contribution < 1.29 is 9.68 Å². The Balaban J connectivity index is 2.65. The van der Waals surface area contributed by atoms with Crippen molar-refractivity contribution in [1.29, 1.82) is 0 Å². The fraction of sp³-hybridized carbons (Fsp3) is 1.00. The summed E-state index contributed by atoms with van der Waals surface area (Å²) in [6, 6.07) is 0. The van der Waals surface area contributed by atoms with Gasteiger partial charge in [0.2, 0.25) is 0 Å². The van der Waals surface area contributed by atoms with E-state index in [0.29, 0.717) is 13.2 Å². The summed E-state index contributed by atoms with van der Waals surface area (Å²) in [5.41, 5.74) is 5.43. The first-order valence-corrected chi connectivity index (χ1v) is 3.61. The van der Waals surface area contributed by atoms with Crippen molar-refractivity contribution >= 4 is 0 Å². The molecule has 0 heterocycles. The maximum Gasteiger partial charge on any atom is 0.0936 e. The third-order valence-electron chi connectivity index (χ3n) is 0.780. The Morgan fingerprint density at radius 1 is 0.900 bits per heavy atom. The number of hydrogen-bond donors (Lipinski definition) is 2. The van der Waals surface area contributed by atoms with E-state index in [-0.39, 0.29) is 0 Å². The molecule has 0 aromatic heterocycles. The largest absolute Gasteiger partial charge is 0.299 e. The van der Waals surface area contributed by atoms with Crippen molar-refractivity contribution in [2.24, 2.45) is 0 Å². The summed E-state index contributed by atoms with van der Waals surface area (Å²) in [5.74, 6) is 0. The highest BCUT2D eigenvalue weighted by Crippen LogP contribution is 1.69. The highest BCUT2D eigenvalue weighted by atomic mass is 16.7. The lowest BCUT2D eigenvalue weighted by Gasteiger charge is -2.03. The van der Waals surface area contributed by atoms with Crippen LogP contribution in [0.1, 0.15) is 13.8 Å². The van der Waals surface area contributed by atoms with Gasteiger partial charge in [0.05, 0.1) is 13.2 Å². The zero-order chi connectivity index (χ0) is 7.66. The number of nitrogens with one attached hydrogen (secondary N) is 2. The van der Waals surface area contributed by atoms with E-state index in [2.05, 4.69) is 11.0 Å². The molecule has 0 spiro atoms. The highest BCUT2D eigenvalue weighted by Gasteiger charge is 1.84. The maximum absolute atomic E-state index is 4.91. The molecule has 0 fully saturated rings. The van der Waals surface area contributed by atoms with Crippen LogP contribution in [0.4, 0.5) is 0 Å². The van der Waals surface area contributed by atoms with Crippen molar-refractivity contribution in [3.63, 3.8) is 0 Å². The van der Waals surface area contributed by atoms with Gasteiger partial charge in [0, 0.05) is 13.1 Å². The fourth-order valence-corrected chi connectivity index (χ4v) is 0.432. The summed E-state index contributed by atoms with van der Waals surface area (Å²) in [6.45, 7) is 6.74. The van der Waals surface area contributed by atoms with E-state index in [1.54, 1.807) is 0 Å². The molecule has 0 aromatic carbocycles. The first kappa shape index (κ1) is 9.84. The van der Waals surface area contributed by atoms with Crippen LogP contribution < -0.4 is 11.0 Å². The quantitative estimate of drug-likeness (QED) is 0.396. The Morgan fingerprint density at radius 2 is 1.30 bits per heavy atom. The lowest BCUT2D eigenvalue weighted by atomic mass is 10.8. The predicted molar refractivity (Wildman–Crippen MR) is 39.3 cm³/mol. The van der Waals surface area contributed by atoms with Crippen LogP contribution in [0.3, 0.4) is 0 Å². The van der Waals surface area contributed by atoms with Crippen LogP contribution in [0.15, 0.2) is 0 Å². The topological polar surface area (TPSA) is 42.5 Å². The molecule has 4 nitrogen and oxygen atoms in total. The third kappa shape index (κ3) is 7.84. The molecule has 0 radical (unpaired) electrons. The molecule has 0 unspecified atom stereocenters. The molecule has 0 rings (SSSR count). The van der Waals surface area contributed by atoms with Gasteiger partial charge in [-0.2, -0.15) is 0 Å². The summed E-state index contributed by atoms with van der Waals surface area (Å²) >= 11 is 0. The normalized spacial score (nSPS) is 10.2. The number of rotatable bonds is 7. The molecule has 10 heavy (non-hydrogen) atoms. The molecule has 0 amide bonds. The van der Waals surface area contributed by atoms with Crippen LogP contribution in [0.2, 0.25) is 0 Å². The lowest BCUT2D eigenvalue weighted by molar-refractivity contribution is -0.0330. The zero-order valence-corrected chi connectivity index (χ0v) is 6.64. The standard InChI is InChI=1S/C6H16N2O2/c1-3-7-9-5-6-10-8-4-2/h7-8H,3-6H2,1-2H3. The Labute approximate surface area is 61.8 Å². The van der Waals surface area contributed by atoms with Gasteiger partial charge in [-0.25, -0.2) is 11.0 Å². The van der Waals surface area contributed by atoms with E-state index in [9.17, 15) is 0 Å². The highest BCUT2D eigenvalue weighted by molar-refractivity contribution is 4.24. The van der Waals surface area contributed by atoms with E-state index in [1.165, 1.54) is 0 Å². The molecule has 0 aliphatic heterocycles. The average molecular weight is 148 g/mol. The van der Waals surface area contributed by atoms with Gasteiger partial charge in [-0.1, -0.05) is 13.8 Å². The maximum atomic E-state index is 4.91. The molecule has 0 atom stereocenters. The Hall–Kier alpha value is -0.160. The second kappa shape index (κ2) is 8.84. The van der Waals surface area contributed by atoms with Gasteiger partial charge in [0.15, 0.2) is 0 Å². The van der Waals surface area contributed by atoms with Crippen molar-refractivity contribution in [3.8, 4) is 0 Å². The van der Waals surface area contributed by atoms with Gasteiger partial charge < -0.3 is 0 Å². The summed E-state index contributed by atoms with van der Waals surface area (Å²) < 4.78 is 0. The van der Waals surface area contributed by atoms with E-state index >= 15 is 0 Å². The monoisotopic (exact) mass is 148 g/mol. The summed E-state index contributed by atoms with van der Waals surface area (Å²) in [4.78, 5) is 9.83. The van der Waals surface area contributed by atoms with Crippen molar-refractivity contribution in [2.75, 3.05) is 26.3 Å². The second-order valence-electron chi connectivity index (χ2n) is 1.69. The number of hydrogen-bond acceptors (Lipinski definition) is 4. The molecule has 0 saturated carbocycles. The van der Waals surface area contributed by atoms with Gasteiger partial charge in [-0.3, -0.25) is 9.68 Å². The minimum atomic E-state index is 0.570. The minimum Gasteiger partial charge on any atom is -0.299 e. The van der Waals surface area contributed by atoms with Crippen LogP contribution in [-0.2, 0) is 9.68 Å². The Morgan fingerprint density at radius 3 is 1.60 bits per heavy atom. The molecule has 0 bridgehead atoms. The SMILES string of the molecule is CCNOCCONCC. The molecule has 62 valence electrons. The van der Waals surface area contributed by atoms with Crippen LogP contribution in [0.5, 0.6) is 0 Å². The summed E-state index contributed by atoms with van der Waals surface area (Å²) in [6.07, 6.45) is 0. The summed E-state index contributed by atoms with van der Waals surface area (Å²) in [7, 11) is 0. The van der Waals surface area contributed by atoms with Crippen molar-refractivity contribution in [2.45, 2.75) is 13.8 Å². The van der Waals surface area contributed by atoms with Crippen molar-refractivity contribution in [3.05, 3.63) is 0 Å². The average Bonchev–Trinajstić information content (AvgIpc) is 1.97. The Kier molecular flexibility index (Phi) is 8.70. The van der Waals surface area contributed by atoms with Crippen LogP contribution in [0, 0.1) is 0 Å². The predicted octanol–water partition coefficient (Wildman–Crippen LogP) is 0.0686. The van der Waals surface area contributed by atoms with Crippen LogP contribution in [0.25, 0.3) is 0 Å². The minimum absolute atomic E-state index is 0.570. The van der Waals surface area contributed by atoms with Gasteiger partial charge in [-0.15, -0.1) is 0 Å². The first-order chi connectivity index (χ1) is 4.91. The van der Waals surface area contributed by atoms with E-state index in [1.807, 2.05) is 13.8 Å².